The lowest BCUT2D eigenvalue weighted by molar-refractivity contribution is -0.126. The van der Waals surface area contributed by atoms with Gasteiger partial charge in [-0.25, -0.2) is 4.39 Å². The Morgan fingerprint density at radius 2 is 1.97 bits per heavy atom. The molecule has 31 heavy (non-hydrogen) atoms. The number of hydrogen-bond donors (Lipinski definition) is 2. The lowest BCUT2D eigenvalue weighted by Gasteiger charge is -2.16. The minimum Gasteiger partial charge on any atom is -0.481 e. The van der Waals surface area contributed by atoms with E-state index in [-0.39, 0.29) is 49.7 Å². The Balaban J connectivity index is 1.42. The Morgan fingerprint density at radius 3 is 2.71 bits per heavy atom. The van der Waals surface area contributed by atoms with Gasteiger partial charge in [0.15, 0.2) is 0 Å². The Hall–Kier alpha value is -3.86. The fourth-order valence-corrected chi connectivity index (χ4v) is 3.13. The van der Waals surface area contributed by atoms with Crippen LogP contribution in [0.1, 0.15) is 13.3 Å². The Morgan fingerprint density at radius 1 is 1.19 bits per heavy atom. The quantitative estimate of drug-likeness (QED) is 0.699. The molecule has 0 radical (unpaired) electrons. The van der Waals surface area contributed by atoms with Crippen LogP contribution in [0.4, 0.5) is 15.8 Å². The maximum atomic E-state index is 13.1. The highest BCUT2D eigenvalue weighted by Gasteiger charge is 2.34. The minimum atomic E-state index is -0.480. The second-order valence-corrected chi connectivity index (χ2v) is 6.95. The highest BCUT2D eigenvalue weighted by atomic mass is 19.1. The van der Waals surface area contributed by atoms with Crippen molar-refractivity contribution in [2.24, 2.45) is 5.92 Å². The van der Waals surface area contributed by atoms with Crippen LogP contribution in [-0.2, 0) is 14.4 Å². The van der Waals surface area contributed by atoms with Gasteiger partial charge in [0.2, 0.25) is 17.7 Å². The number of carbonyl (C=O) groups excluding carboxylic acids is 3. The molecule has 1 saturated heterocycles. The van der Waals surface area contributed by atoms with E-state index in [0.717, 1.165) is 0 Å². The minimum absolute atomic E-state index is 0.102. The van der Waals surface area contributed by atoms with E-state index in [2.05, 4.69) is 22.5 Å². The second-order valence-electron chi connectivity index (χ2n) is 6.95. The summed E-state index contributed by atoms with van der Waals surface area (Å²) in [6.07, 6.45) is 0.102. The van der Waals surface area contributed by atoms with E-state index < -0.39 is 5.92 Å². The van der Waals surface area contributed by atoms with Crippen molar-refractivity contribution in [1.82, 2.24) is 5.32 Å². The number of carbonyl (C=O) groups is 3. The van der Waals surface area contributed by atoms with Gasteiger partial charge in [-0.3, -0.25) is 14.4 Å². The SMILES string of the molecule is CC(=O)Nc1cccc(OCC#CCNC(=O)C2CC(=O)N(c3ccc(F)cc3)C2)c1. The van der Waals surface area contributed by atoms with E-state index in [0.29, 0.717) is 17.1 Å². The van der Waals surface area contributed by atoms with Crippen molar-refractivity contribution < 1.29 is 23.5 Å². The molecule has 0 spiro atoms. The molecule has 0 aliphatic carbocycles. The molecule has 8 heteroatoms. The molecule has 0 saturated carbocycles. The molecule has 3 amide bonds. The molecule has 2 aromatic carbocycles. The third-order valence-corrected chi connectivity index (χ3v) is 4.58. The Bertz CT molecular complexity index is 1030. The van der Waals surface area contributed by atoms with Crippen molar-refractivity contribution in [3.05, 3.63) is 54.3 Å². The van der Waals surface area contributed by atoms with Crippen LogP contribution in [0.3, 0.4) is 0 Å². The zero-order chi connectivity index (χ0) is 22.2. The summed E-state index contributed by atoms with van der Waals surface area (Å²) in [5.74, 6) is 4.71. The molecule has 3 rings (SSSR count). The van der Waals surface area contributed by atoms with E-state index in [9.17, 15) is 18.8 Å². The maximum Gasteiger partial charge on any atom is 0.227 e. The third-order valence-electron chi connectivity index (χ3n) is 4.58. The molecule has 1 unspecified atom stereocenters. The zero-order valence-corrected chi connectivity index (χ0v) is 17.0. The third kappa shape index (κ3) is 6.31. The first-order chi connectivity index (χ1) is 14.9. The number of hydrogen-bond acceptors (Lipinski definition) is 4. The van der Waals surface area contributed by atoms with Gasteiger partial charge < -0.3 is 20.3 Å². The van der Waals surface area contributed by atoms with Crippen LogP contribution >= 0.6 is 0 Å². The fraction of sp³-hybridized carbons (Fsp3) is 0.261. The van der Waals surface area contributed by atoms with Crippen LogP contribution in [0.15, 0.2) is 48.5 Å². The number of benzene rings is 2. The Kier molecular flexibility index (Phi) is 7.22. The van der Waals surface area contributed by atoms with Gasteiger partial charge in [-0.1, -0.05) is 17.9 Å². The van der Waals surface area contributed by atoms with E-state index in [1.54, 1.807) is 24.3 Å². The van der Waals surface area contributed by atoms with Gasteiger partial charge in [0.25, 0.3) is 0 Å². The molecular formula is C23H22FN3O4. The number of rotatable bonds is 6. The summed E-state index contributed by atoms with van der Waals surface area (Å²) in [4.78, 5) is 37.1. The monoisotopic (exact) mass is 423 g/mol. The molecule has 2 N–H and O–H groups in total. The first kappa shape index (κ1) is 21.8. The van der Waals surface area contributed by atoms with Crippen molar-refractivity contribution in [1.29, 1.82) is 0 Å². The van der Waals surface area contributed by atoms with E-state index in [4.69, 9.17) is 4.74 Å². The van der Waals surface area contributed by atoms with Crippen LogP contribution in [0.2, 0.25) is 0 Å². The van der Waals surface area contributed by atoms with E-state index >= 15 is 0 Å². The zero-order valence-electron chi connectivity index (χ0n) is 17.0. The number of nitrogens with one attached hydrogen (secondary N) is 2. The molecule has 1 fully saturated rings. The maximum absolute atomic E-state index is 13.1. The summed E-state index contributed by atoms with van der Waals surface area (Å²) < 4.78 is 18.6. The highest BCUT2D eigenvalue weighted by molar-refractivity contribution is 6.00. The van der Waals surface area contributed by atoms with Gasteiger partial charge in [0.05, 0.1) is 12.5 Å². The number of ether oxygens (including phenoxy) is 1. The fourth-order valence-electron chi connectivity index (χ4n) is 3.13. The van der Waals surface area contributed by atoms with Crippen molar-refractivity contribution in [2.75, 3.05) is 29.9 Å². The summed E-state index contributed by atoms with van der Waals surface area (Å²) in [6, 6.07) is 12.5. The van der Waals surface area contributed by atoms with Crippen LogP contribution < -0.4 is 20.3 Å². The van der Waals surface area contributed by atoms with E-state index in [1.165, 1.54) is 36.1 Å². The predicted octanol–water partition coefficient (Wildman–Crippen LogP) is 2.34. The van der Waals surface area contributed by atoms with E-state index in [1.807, 2.05) is 0 Å². The molecule has 0 bridgehead atoms. The van der Waals surface area contributed by atoms with Crippen LogP contribution in [0.25, 0.3) is 0 Å². The first-order valence-corrected chi connectivity index (χ1v) is 9.72. The van der Waals surface area contributed by atoms with Crippen LogP contribution in [0, 0.1) is 23.6 Å². The van der Waals surface area contributed by atoms with Gasteiger partial charge in [-0.15, -0.1) is 0 Å². The topological polar surface area (TPSA) is 87.7 Å². The highest BCUT2D eigenvalue weighted by Crippen LogP contribution is 2.25. The van der Waals surface area contributed by atoms with Gasteiger partial charge in [-0.2, -0.15) is 0 Å². The number of nitrogens with zero attached hydrogens (tertiary/aromatic N) is 1. The summed E-state index contributed by atoms with van der Waals surface area (Å²) in [5, 5.41) is 5.37. The van der Waals surface area contributed by atoms with Gasteiger partial charge in [0, 0.05) is 37.3 Å². The van der Waals surface area contributed by atoms with Gasteiger partial charge >= 0.3 is 0 Å². The van der Waals surface area contributed by atoms with Crippen molar-refractivity contribution in [3.8, 4) is 17.6 Å². The Labute approximate surface area is 179 Å². The molecule has 2 aromatic rings. The van der Waals surface area contributed by atoms with Crippen LogP contribution in [-0.4, -0.2) is 37.4 Å². The number of anilines is 2. The lowest BCUT2D eigenvalue weighted by atomic mass is 10.1. The molecule has 160 valence electrons. The second kappa shape index (κ2) is 10.3. The molecule has 1 aliphatic rings. The molecule has 0 aromatic heterocycles. The predicted molar refractivity (Wildman–Crippen MR) is 114 cm³/mol. The summed E-state index contributed by atoms with van der Waals surface area (Å²) in [6.45, 7) is 1.93. The van der Waals surface area contributed by atoms with Gasteiger partial charge in [-0.05, 0) is 36.4 Å². The largest absolute Gasteiger partial charge is 0.481 e. The smallest absolute Gasteiger partial charge is 0.227 e. The first-order valence-electron chi connectivity index (χ1n) is 9.72. The lowest BCUT2D eigenvalue weighted by Crippen LogP contribution is -2.33. The molecule has 1 atom stereocenters. The standard InChI is InChI=1S/C23H22FN3O4/c1-16(28)26-19-5-4-6-21(14-19)31-12-3-2-11-25-23(30)17-13-22(29)27(15-17)20-9-7-18(24)8-10-20/h4-10,14,17H,11-13,15H2,1H3,(H,25,30)(H,26,28). The average Bonchev–Trinajstić information content (AvgIpc) is 3.12. The molecule has 7 nitrogen and oxygen atoms in total. The molecule has 1 heterocycles. The summed E-state index contributed by atoms with van der Waals surface area (Å²) >= 11 is 0. The normalized spacial score (nSPS) is 15.1. The molecule has 1 aliphatic heterocycles. The number of halogens is 1. The summed E-state index contributed by atoms with van der Waals surface area (Å²) in [5.41, 5.74) is 1.20. The van der Waals surface area contributed by atoms with Crippen LogP contribution in [0.5, 0.6) is 5.75 Å². The average molecular weight is 423 g/mol. The molecular weight excluding hydrogens is 401 g/mol. The summed E-state index contributed by atoms with van der Waals surface area (Å²) in [7, 11) is 0. The van der Waals surface area contributed by atoms with Crippen molar-refractivity contribution in [2.45, 2.75) is 13.3 Å². The van der Waals surface area contributed by atoms with Crippen molar-refractivity contribution in [3.63, 3.8) is 0 Å². The van der Waals surface area contributed by atoms with Crippen molar-refractivity contribution >= 4 is 29.1 Å². The van der Waals surface area contributed by atoms with Gasteiger partial charge in [0.1, 0.15) is 18.2 Å². The number of amides is 3.